The molecule has 3 atom stereocenters. The lowest BCUT2D eigenvalue weighted by molar-refractivity contribution is -0.127. The molecule has 3 heterocycles. The van der Waals surface area contributed by atoms with Crippen molar-refractivity contribution in [2.75, 3.05) is 11.4 Å². The van der Waals surface area contributed by atoms with Crippen LogP contribution in [0.1, 0.15) is 58.9 Å². The lowest BCUT2D eigenvalue weighted by Crippen LogP contribution is -2.60. The molecule has 0 bridgehead atoms. The number of para-hydroxylation sites is 1. The highest BCUT2D eigenvalue weighted by atomic mass is 28.4. The number of hydrogen-bond donors (Lipinski definition) is 0. The summed E-state index contributed by atoms with van der Waals surface area (Å²) < 4.78 is 7.08. The van der Waals surface area contributed by atoms with Gasteiger partial charge in [0, 0.05) is 31.3 Å². The van der Waals surface area contributed by atoms with Gasteiger partial charge in [0.2, 0.25) is 11.8 Å². The maximum absolute atomic E-state index is 13.3. The van der Waals surface area contributed by atoms with Crippen LogP contribution in [-0.2, 0) is 19.4 Å². The van der Waals surface area contributed by atoms with E-state index in [0.717, 1.165) is 37.1 Å². The molecule has 0 unspecified atom stereocenters. The van der Waals surface area contributed by atoms with Gasteiger partial charge in [-0.1, -0.05) is 39.0 Å². The van der Waals surface area contributed by atoms with Gasteiger partial charge in [-0.25, -0.2) is 0 Å². The summed E-state index contributed by atoms with van der Waals surface area (Å²) in [4.78, 5) is 30.3. The Labute approximate surface area is 186 Å². The first-order valence-corrected chi connectivity index (χ1v) is 14.5. The largest absolute Gasteiger partial charge is 0.411 e. The van der Waals surface area contributed by atoms with Gasteiger partial charge in [0.05, 0.1) is 17.6 Å². The number of carbonyl (C=O) groups is 2. The average molecular weight is 439 g/mol. The van der Waals surface area contributed by atoms with E-state index in [0.29, 0.717) is 6.42 Å². The van der Waals surface area contributed by atoms with Crippen molar-refractivity contribution in [2.24, 2.45) is 0 Å². The van der Waals surface area contributed by atoms with E-state index in [1.54, 1.807) is 6.92 Å². The van der Waals surface area contributed by atoms with Crippen LogP contribution in [0, 0.1) is 0 Å². The molecule has 31 heavy (non-hydrogen) atoms. The molecule has 166 valence electrons. The monoisotopic (exact) mass is 438 g/mol. The van der Waals surface area contributed by atoms with Crippen LogP contribution in [0.4, 0.5) is 5.69 Å². The summed E-state index contributed by atoms with van der Waals surface area (Å²) in [7, 11) is -2.08. The first-order valence-electron chi connectivity index (χ1n) is 11.6. The molecule has 0 aromatic heterocycles. The first kappa shape index (κ1) is 21.0. The third-order valence-corrected chi connectivity index (χ3v) is 12.9. The number of anilines is 1. The van der Waals surface area contributed by atoms with E-state index in [9.17, 15) is 9.59 Å². The molecule has 0 radical (unpaired) electrons. The van der Waals surface area contributed by atoms with Crippen molar-refractivity contribution in [3.8, 4) is 0 Å². The molecule has 0 N–H and O–H groups in total. The summed E-state index contributed by atoms with van der Waals surface area (Å²) in [5, 5.41) is 0.0748. The topological polar surface area (TPSA) is 49.9 Å². The average Bonchev–Trinajstić information content (AvgIpc) is 3.15. The van der Waals surface area contributed by atoms with Crippen LogP contribution in [0.25, 0.3) is 0 Å². The van der Waals surface area contributed by atoms with E-state index < -0.39 is 13.7 Å². The van der Waals surface area contributed by atoms with Crippen LogP contribution in [-0.4, -0.2) is 43.7 Å². The minimum atomic E-state index is -2.08. The molecule has 3 aliphatic heterocycles. The van der Waals surface area contributed by atoms with Crippen molar-refractivity contribution in [1.29, 1.82) is 0 Å². The van der Waals surface area contributed by atoms with Crippen molar-refractivity contribution < 1.29 is 14.0 Å². The van der Waals surface area contributed by atoms with E-state index in [-0.39, 0.29) is 29.0 Å². The Morgan fingerprint density at radius 1 is 1.23 bits per heavy atom. The summed E-state index contributed by atoms with van der Waals surface area (Å²) >= 11 is 0. The third kappa shape index (κ3) is 2.70. The van der Waals surface area contributed by atoms with Gasteiger partial charge in [-0.05, 0) is 54.6 Å². The van der Waals surface area contributed by atoms with Crippen molar-refractivity contribution in [3.63, 3.8) is 0 Å². The van der Waals surface area contributed by atoms with Gasteiger partial charge < -0.3 is 14.2 Å². The minimum absolute atomic E-state index is 0.0314. The van der Waals surface area contributed by atoms with Crippen molar-refractivity contribution in [1.82, 2.24) is 4.90 Å². The zero-order valence-electron chi connectivity index (χ0n) is 19.6. The molecule has 0 saturated carbocycles. The second-order valence-corrected chi connectivity index (χ2v) is 16.0. The number of rotatable bonds is 2. The third-order valence-electron chi connectivity index (χ3n) is 8.44. The summed E-state index contributed by atoms with van der Waals surface area (Å²) in [6.07, 6.45) is 3.19. The van der Waals surface area contributed by atoms with Gasteiger partial charge in [-0.2, -0.15) is 0 Å². The highest BCUT2D eigenvalue weighted by Gasteiger charge is 2.66. The van der Waals surface area contributed by atoms with E-state index in [4.69, 9.17) is 4.43 Å². The predicted octanol–water partition coefficient (Wildman–Crippen LogP) is 4.73. The maximum Gasteiger partial charge on any atom is 0.228 e. The van der Waals surface area contributed by atoms with Crippen LogP contribution < -0.4 is 4.90 Å². The molecule has 1 fully saturated rings. The zero-order valence-corrected chi connectivity index (χ0v) is 20.6. The minimum Gasteiger partial charge on any atom is -0.411 e. The van der Waals surface area contributed by atoms with E-state index in [2.05, 4.69) is 39.9 Å². The normalized spacial score (nSPS) is 29.8. The Bertz CT molecular complexity index is 1010. The molecule has 5 rings (SSSR count). The molecule has 1 aromatic carbocycles. The van der Waals surface area contributed by atoms with Crippen molar-refractivity contribution in [2.45, 2.75) is 89.1 Å². The second-order valence-electron chi connectivity index (χ2n) is 11.2. The highest BCUT2D eigenvalue weighted by molar-refractivity contribution is 6.74. The number of nitrogens with zero attached hydrogens (tertiary/aromatic N) is 2. The van der Waals surface area contributed by atoms with Crippen molar-refractivity contribution >= 4 is 25.8 Å². The lowest BCUT2D eigenvalue weighted by atomic mass is 9.65. The van der Waals surface area contributed by atoms with Crippen LogP contribution in [0.3, 0.4) is 0 Å². The Balaban J connectivity index is 1.74. The van der Waals surface area contributed by atoms with E-state index >= 15 is 0 Å². The van der Waals surface area contributed by atoms with Crippen LogP contribution in [0.15, 0.2) is 35.5 Å². The molecule has 1 aliphatic carbocycles. The SMILES string of the molecule is CC(=O)N1c2ccccc2[C@]23CC(=O)N4CCCC(=C42)C[C@@H](O[Si](C)(C)C(C)(C)C)[C@H]13. The number of carbonyl (C=O) groups excluding carboxylic acids is 2. The van der Waals surface area contributed by atoms with E-state index in [1.165, 1.54) is 11.3 Å². The zero-order chi connectivity index (χ0) is 22.3. The fourth-order valence-corrected chi connectivity index (χ4v) is 7.54. The summed E-state index contributed by atoms with van der Waals surface area (Å²) in [6.45, 7) is 13.8. The van der Waals surface area contributed by atoms with Gasteiger partial charge in [0.25, 0.3) is 0 Å². The molecule has 4 aliphatic rings. The van der Waals surface area contributed by atoms with Gasteiger partial charge in [-0.3, -0.25) is 9.59 Å². The summed E-state index contributed by atoms with van der Waals surface area (Å²) in [5.41, 5.74) is 4.18. The summed E-state index contributed by atoms with van der Waals surface area (Å²) in [6, 6.07) is 8.06. The number of hydrogen-bond acceptors (Lipinski definition) is 3. The summed E-state index contributed by atoms with van der Waals surface area (Å²) in [5.74, 6) is 0.231. The van der Waals surface area contributed by atoms with Gasteiger partial charge >= 0.3 is 0 Å². The fraction of sp³-hybridized carbons (Fsp3) is 0.600. The standard InChI is InChI=1S/C25H34N2O3Si/c1-16(28)27-19-12-8-7-11-18(19)25-15-21(29)26-13-9-10-17(22(25)26)14-20(23(25)27)30-31(5,6)24(2,3)4/h7-8,11-12,20,23H,9-10,13-15H2,1-6H3/t20-,23+,25-/m1/s1. The number of amides is 2. The fourth-order valence-electron chi connectivity index (χ4n) is 6.22. The molecule has 1 spiro atoms. The molecule has 1 saturated heterocycles. The first-order chi connectivity index (χ1) is 14.5. The number of fused-ring (bicyclic) bond motifs is 1. The molecule has 2 amide bonds. The predicted molar refractivity (Wildman–Crippen MR) is 124 cm³/mol. The molecule has 5 nitrogen and oxygen atoms in total. The smallest absolute Gasteiger partial charge is 0.228 e. The van der Waals surface area contributed by atoms with E-state index in [1.807, 2.05) is 28.0 Å². The van der Waals surface area contributed by atoms with Gasteiger partial charge in [0.15, 0.2) is 8.32 Å². The maximum atomic E-state index is 13.3. The van der Waals surface area contributed by atoms with Gasteiger partial charge in [0.1, 0.15) is 0 Å². The Hall–Kier alpha value is -1.92. The lowest BCUT2D eigenvalue weighted by Gasteiger charge is -2.50. The van der Waals surface area contributed by atoms with Crippen LogP contribution in [0.2, 0.25) is 18.1 Å². The Morgan fingerprint density at radius 3 is 2.61 bits per heavy atom. The molecule has 6 heteroatoms. The highest BCUT2D eigenvalue weighted by Crippen LogP contribution is 2.62. The van der Waals surface area contributed by atoms with Crippen molar-refractivity contribution in [3.05, 3.63) is 41.1 Å². The van der Waals surface area contributed by atoms with Crippen LogP contribution >= 0.6 is 0 Å². The quantitative estimate of drug-likeness (QED) is 0.627. The van der Waals surface area contributed by atoms with Gasteiger partial charge in [-0.15, -0.1) is 0 Å². The molecular weight excluding hydrogens is 404 g/mol. The number of benzene rings is 1. The Kier molecular flexibility index (Phi) is 4.42. The van der Waals surface area contributed by atoms with Crippen LogP contribution in [0.5, 0.6) is 0 Å². The molecule has 1 aromatic rings. The molecular formula is C25H34N2O3Si. The second kappa shape index (κ2) is 6.55. The Morgan fingerprint density at radius 2 is 1.94 bits per heavy atom.